The quantitative estimate of drug-likeness (QED) is 0.911. The maximum absolute atomic E-state index is 10.6. The van der Waals surface area contributed by atoms with E-state index in [1.165, 1.54) is 4.88 Å². The molecule has 1 aliphatic rings. The Labute approximate surface area is 140 Å². The normalized spacial score (nSPS) is 17.8. The lowest BCUT2D eigenvalue weighted by Crippen LogP contribution is -2.35. The molecule has 0 fully saturated rings. The lowest BCUT2D eigenvalue weighted by Gasteiger charge is -2.33. The van der Waals surface area contributed by atoms with Crippen LogP contribution < -0.4 is 9.47 Å². The number of hydrogen-bond donors (Lipinski definition) is 1. The molecule has 1 atom stereocenters. The molecule has 1 unspecified atom stereocenters. The summed E-state index contributed by atoms with van der Waals surface area (Å²) in [7, 11) is 3.29. The summed E-state index contributed by atoms with van der Waals surface area (Å²) in [6.45, 7) is 4.29. The van der Waals surface area contributed by atoms with Gasteiger partial charge < -0.3 is 14.6 Å². The highest BCUT2D eigenvalue weighted by Gasteiger charge is 2.29. The molecule has 1 aromatic carbocycles. The Kier molecular flexibility index (Phi) is 4.84. The number of aromatic nitrogens is 1. The highest BCUT2D eigenvalue weighted by atomic mass is 32.1. The predicted octanol–water partition coefficient (Wildman–Crippen LogP) is 2.56. The minimum atomic E-state index is -0.564. The van der Waals surface area contributed by atoms with E-state index >= 15 is 0 Å². The number of nitrogens with zero attached hydrogens (tertiary/aromatic N) is 2. The van der Waals surface area contributed by atoms with Crippen LogP contribution in [0.15, 0.2) is 17.6 Å². The van der Waals surface area contributed by atoms with Crippen LogP contribution >= 0.6 is 11.3 Å². The molecule has 3 rings (SSSR count). The third-order valence-corrected chi connectivity index (χ3v) is 5.35. The van der Waals surface area contributed by atoms with Gasteiger partial charge >= 0.3 is 0 Å². The van der Waals surface area contributed by atoms with Crippen LogP contribution in [0.25, 0.3) is 0 Å². The van der Waals surface area contributed by atoms with E-state index < -0.39 is 6.10 Å². The second-order valence-corrected chi connectivity index (χ2v) is 6.66. The van der Waals surface area contributed by atoms with Gasteiger partial charge in [0.05, 0.1) is 31.5 Å². The minimum absolute atomic E-state index is 0.564. The summed E-state index contributed by atoms with van der Waals surface area (Å²) in [5.41, 5.74) is 4.87. The largest absolute Gasteiger partial charge is 0.496 e. The van der Waals surface area contributed by atoms with E-state index in [-0.39, 0.29) is 0 Å². The van der Waals surface area contributed by atoms with Gasteiger partial charge in [0, 0.05) is 35.6 Å². The molecule has 6 heteroatoms. The van der Waals surface area contributed by atoms with Gasteiger partial charge in [0.2, 0.25) is 0 Å². The Balaban J connectivity index is 1.80. The highest BCUT2D eigenvalue weighted by molar-refractivity contribution is 7.09. The van der Waals surface area contributed by atoms with Gasteiger partial charge in [0.1, 0.15) is 11.5 Å². The standard InChI is InChI=1S/C17H22N2O3S/c1-11-16(23-10-18-11)6-7-19-8-12-14(21-2)4-5-15(22-3)17(12)13(20)9-19/h4-5,10,13,20H,6-9H2,1-3H3. The number of ether oxygens (including phenoxy) is 2. The van der Waals surface area contributed by atoms with E-state index in [9.17, 15) is 5.11 Å². The summed E-state index contributed by atoms with van der Waals surface area (Å²) >= 11 is 1.69. The van der Waals surface area contributed by atoms with Crippen LogP contribution in [0.3, 0.4) is 0 Å². The summed E-state index contributed by atoms with van der Waals surface area (Å²) < 4.78 is 10.9. The number of aliphatic hydroxyl groups is 1. The number of aliphatic hydroxyl groups excluding tert-OH is 1. The average molecular weight is 334 g/mol. The fourth-order valence-electron chi connectivity index (χ4n) is 3.14. The summed E-state index contributed by atoms with van der Waals surface area (Å²) in [5, 5.41) is 10.6. The van der Waals surface area contributed by atoms with Crippen molar-refractivity contribution in [2.75, 3.05) is 27.3 Å². The Morgan fingerprint density at radius 2 is 2.04 bits per heavy atom. The van der Waals surface area contributed by atoms with Gasteiger partial charge in [-0.05, 0) is 25.5 Å². The Morgan fingerprint density at radius 1 is 1.30 bits per heavy atom. The van der Waals surface area contributed by atoms with Crippen molar-refractivity contribution < 1.29 is 14.6 Å². The van der Waals surface area contributed by atoms with E-state index in [4.69, 9.17) is 9.47 Å². The molecule has 0 amide bonds. The van der Waals surface area contributed by atoms with Crippen molar-refractivity contribution in [1.82, 2.24) is 9.88 Å². The molecule has 1 aliphatic heterocycles. The molecule has 1 aromatic heterocycles. The van der Waals surface area contributed by atoms with E-state index in [0.717, 1.165) is 47.8 Å². The van der Waals surface area contributed by atoms with Crippen molar-refractivity contribution in [1.29, 1.82) is 0 Å². The maximum atomic E-state index is 10.6. The molecular formula is C17H22N2O3S. The summed E-state index contributed by atoms with van der Waals surface area (Å²) in [4.78, 5) is 7.86. The number of hydrogen-bond acceptors (Lipinski definition) is 6. The van der Waals surface area contributed by atoms with Gasteiger partial charge in [-0.25, -0.2) is 4.98 Å². The second kappa shape index (κ2) is 6.86. The molecule has 5 nitrogen and oxygen atoms in total. The molecule has 0 radical (unpaired) electrons. The van der Waals surface area contributed by atoms with Crippen LogP contribution in [0.4, 0.5) is 0 Å². The second-order valence-electron chi connectivity index (χ2n) is 5.72. The molecule has 0 bridgehead atoms. The Hall–Kier alpha value is -1.63. The van der Waals surface area contributed by atoms with Gasteiger partial charge in [0.15, 0.2) is 0 Å². The fourth-order valence-corrected chi connectivity index (χ4v) is 3.91. The highest BCUT2D eigenvalue weighted by Crippen LogP contribution is 2.39. The monoisotopic (exact) mass is 334 g/mol. The predicted molar refractivity (Wildman–Crippen MR) is 90.3 cm³/mol. The first-order valence-corrected chi connectivity index (χ1v) is 8.55. The minimum Gasteiger partial charge on any atom is -0.496 e. The van der Waals surface area contributed by atoms with E-state index in [1.807, 2.05) is 24.6 Å². The van der Waals surface area contributed by atoms with Gasteiger partial charge in [0.25, 0.3) is 0 Å². The summed E-state index contributed by atoms with van der Waals surface area (Å²) in [6.07, 6.45) is 0.386. The Bertz CT molecular complexity index is 686. The van der Waals surface area contributed by atoms with Crippen molar-refractivity contribution in [2.45, 2.75) is 26.0 Å². The van der Waals surface area contributed by atoms with Gasteiger partial charge in [-0.2, -0.15) is 0 Å². The van der Waals surface area contributed by atoms with Crippen molar-refractivity contribution in [3.63, 3.8) is 0 Å². The molecule has 2 aromatic rings. The topological polar surface area (TPSA) is 54.8 Å². The van der Waals surface area contributed by atoms with Crippen molar-refractivity contribution in [2.24, 2.45) is 0 Å². The van der Waals surface area contributed by atoms with Crippen molar-refractivity contribution in [3.05, 3.63) is 39.3 Å². The molecule has 2 heterocycles. The summed E-state index contributed by atoms with van der Waals surface area (Å²) in [6, 6.07) is 3.76. The van der Waals surface area contributed by atoms with Crippen molar-refractivity contribution in [3.8, 4) is 11.5 Å². The maximum Gasteiger partial charge on any atom is 0.125 e. The zero-order valence-electron chi connectivity index (χ0n) is 13.7. The van der Waals surface area contributed by atoms with E-state index in [1.54, 1.807) is 25.6 Å². The number of aryl methyl sites for hydroxylation is 1. The SMILES string of the molecule is COc1ccc(OC)c2c1CN(CCc1scnc1C)CC2O. The molecule has 1 N–H and O–H groups in total. The van der Waals surface area contributed by atoms with E-state index in [2.05, 4.69) is 9.88 Å². The zero-order chi connectivity index (χ0) is 16.4. The third kappa shape index (κ3) is 3.20. The first-order chi connectivity index (χ1) is 11.1. The summed E-state index contributed by atoms with van der Waals surface area (Å²) in [5.74, 6) is 1.53. The number of fused-ring (bicyclic) bond motifs is 1. The lowest BCUT2D eigenvalue weighted by atomic mass is 9.95. The fraction of sp³-hybridized carbons (Fsp3) is 0.471. The molecule has 23 heavy (non-hydrogen) atoms. The molecule has 0 saturated heterocycles. The third-order valence-electron chi connectivity index (χ3n) is 4.36. The van der Waals surface area contributed by atoms with Crippen LogP contribution in [0.5, 0.6) is 11.5 Å². The number of rotatable bonds is 5. The molecule has 124 valence electrons. The molecule has 0 aliphatic carbocycles. The molecule has 0 saturated carbocycles. The van der Waals surface area contributed by atoms with Crippen LogP contribution in [0, 0.1) is 6.92 Å². The first kappa shape index (κ1) is 16.2. The Morgan fingerprint density at radius 3 is 2.70 bits per heavy atom. The number of thiazole rings is 1. The number of benzene rings is 1. The molecule has 0 spiro atoms. The zero-order valence-corrected chi connectivity index (χ0v) is 14.5. The smallest absolute Gasteiger partial charge is 0.125 e. The van der Waals surface area contributed by atoms with Crippen LogP contribution in [0.1, 0.15) is 27.8 Å². The van der Waals surface area contributed by atoms with Gasteiger partial charge in [-0.15, -0.1) is 11.3 Å². The van der Waals surface area contributed by atoms with Crippen LogP contribution in [-0.2, 0) is 13.0 Å². The van der Waals surface area contributed by atoms with E-state index in [0.29, 0.717) is 6.54 Å². The van der Waals surface area contributed by atoms with Crippen LogP contribution in [-0.4, -0.2) is 42.3 Å². The average Bonchev–Trinajstić information content (AvgIpc) is 2.97. The number of methoxy groups -OCH3 is 2. The number of β-amino-alcohol motifs (C(OH)–C–C–N with tert-alkyl or cyclic N) is 1. The molecular weight excluding hydrogens is 312 g/mol. The van der Waals surface area contributed by atoms with Crippen molar-refractivity contribution >= 4 is 11.3 Å². The lowest BCUT2D eigenvalue weighted by molar-refractivity contribution is 0.0892. The van der Waals surface area contributed by atoms with Gasteiger partial charge in [-0.3, -0.25) is 4.90 Å². The first-order valence-electron chi connectivity index (χ1n) is 7.67. The van der Waals surface area contributed by atoms with Crippen LogP contribution in [0.2, 0.25) is 0 Å². The van der Waals surface area contributed by atoms with Gasteiger partial charge in [-0.1, -0.05) is 0 Å².